The average Bonchev–Trinajstić information content (AvgIpc) is 2.90. The SMILES string of the molecule is COc1ccc2ncc(CF)c(CCCC3(CC(=O)O)CCN(CCCc4ccccc4)CC3)c2c1. The summed E-state index contributed by atoms with van der Waals surface area (Å²) in [6, 6.07) is 16.2. The second-order valence-electron chi connectivity index (χ2n) is 10.1. The average molecular weight is 493 g/mol. The summed E-state index contributed by atoms with van der Waals surface area (Å²) in [5, 5.41) is 10.6. The van der Waals surface area contributed by atoms with Gasteiger partial charge in [0.2, 0.25) is 0 Å². The second-order valence-corrected chi connectivity index (χ2v) is 10.1. The normalized spacial score (nSPS) is 15.7. The molecule has 1 aromatic heterocycles. The van der Waals surface area contributed by atoms with E-state index in [4.69, 9.17) is 4.74 Å². The van der Waals surface area contributed by atoms with Crippen LogP contribution < -0.4 is 4.74 Å². The maximum absolute atomic E-state index is 13.8. The Labute approximate surface area is 213 Å². The molecule has 2 heterocycles. The third-order valence-electron chi connectivity index (χ3n) is 7.78. The highest BCUT2D eigenvalue weighted by Crippen LogP contribution is 2.40. The number of aryl methyl sites for hydroxylation is 2. The predicted molar refractivity (Wildman–Crippen MR) is 141 cm³/mol. The summed E-state index contributed by atoms with van der Waals surface area (Å²) in [6.07, 6.45) is 8.16. The monoisotopic (exact) mass is 492 g/mol. The van der Waals surface area contributed by atoms with Crippen LogP contribution in [0.1, 0.15) is 55.2 Å². The van der Waals surface area contributed by atoms with Crippen molar-refractivity contribution in [2.75, 3.05) is 26.7 Å². The Balaban J connectivity index is 1.37. The lowest BCUT2D eigenvalue weighted by molar-refractivity contribution is -0.140. The molecule has 0 atom stereocenters. The van der Waals surface area contributed by atoms with Gasteiger partial charge in [-0.3, -0.25) is 9.78 Å². The molecule has 2 aromatic carbocycles. The first-order chi connectivity index (χ1) is 17.5. The van der Waals surface area contributed by atoms with Crippen LogP contribution in [-0.4, -0.2) is 47.7 Å². The van der Waals surface area contributed by atoms with E-state index >= 15 is 0 Å². The van der Waals surface area contributed by atoms with E-state index in [0.717, 1.165) is 80.4 Å². The number of hydrogen-bond donors (Lipinski definition) is 1. The van der Waals surface area contributed by atoms with Gasteiger partial charge in [-0.1, -0.05) is 30.3 Å². The summed E-state index contributed by atoms with van der Waals surface area (Å²) in [7, 11) is 1.62. The van der Waals surface area contributed by atoms with Gasteiger partial charge < -0.3 is 14.7 Å². The lowest BCUT2D eigenvalue weighted by Gasteiger charge is -2.41. The van der Waals surface area contributed by atoms with Gasteiger partial charge in [-0.25, -0.2) is 4.39 Å². The summed E-state index contributed by atoms with van der Waals surface area (Å²) >= 11 is 0. The van der Waals surface area contributed by atoms with Crippen molar-refractivity contribution in [3.8, 4) is 5.75 Å². The number of fused-ring (bicyclic) bond motifs is 1. The molecule has 0 radical (unpaired) electrons. The van der Waals surface area contributed by atoms with Crippen LogP contribution in [0.15, 0.2) is 54.7 Å². The van der Waals surface area contributed by atoms with Crippen molar-refractivity contribution in [1.29, 1.82) is 0 Å². The molecule has 0 spiro atoms. The number of piperidine rings is 1. The highest BCUT2D eigenvalue weighted by atomic mass is 19.1. The van der Waals surface area contributed by atoms with E-state index in [2.05, 4.69) is 34.1 Å². The first-order valence-corrected chi connectivity index (χ1v) is 13.0. The Bertz CT molecular complexity index is 1140. The molecule has 0 aliphatic carbocycles. The summed E-state index contributed by atoms with van der Waals surface area (Å²) in [4.78, 5) is 18.7. The lowest BCUT2D eigenvalue weighted by atomic mass is 9.71. The Kier molecular flexibility index (Phi) is 8.92. The number of aromatic nitrogens is 1. The molecule has 6 heteroatoms. The number of nitrogens with zero attached hydrogens (tertiary/aromatic N) is 2. The highest BCUT2D eigenvalue weighted by molar-refractivity contribution is 5.84. The van der Waals surface area contributed by atoms with E-state index < -0.39 is 12.6 Å². The molecule has 0 saturated carbocycles. The van der Waals surface area contributed by atoms with Crippen molar-refractivity contribution in [3.05, 3.63) is 71.4 Å². The first-order valence-electron chi connectivity index (χ1n) is 13.0. The van der Waals surface area contributed by atoms with Crippen LogP contribution in [0.25, 0.3) is 10.9 Å². The Morgan fingerprint density at radius 3 is 2.58 bits per heavy atom. The highest BCUT2D eigenvalue weighted by Gasteiger charge is 2.36. The van der Waals surface area contributed by atoms with Crippen LogP contribution in [0.2, 0.25) is 0 Å². The van der Waals surface area contributed by atoms with Crippen molar-refractivity contribution in [3.63, 3.8) is 0 Å². The quantitative estimate of drug-likeness (QED) is 0.325. The zero-order valence-electron chi connectivity index (χ0n) is 21.2. The fourth-order valence-electron chi connectivity index (χ4n) is 5.68. The molecule has 36 heavy (non-hydrogen) atoms. The minimum Gasteiger partial charge on any atom is -0.497 e. The first kappa shape index (κ1) is 26.1. The number of pyridine rings is 1. The van der Waals surface area contributed by atoms with Gasteiger partial charge in [-0.2, -0.15) is 0 Å². The van der Waals surface area contributed by atoms with Gasteiger partial charge >= 0.3 is 5.97 Å². The maximum Gasteiger partial charge on any atom is 0.303 e. The molecule has 0 unspecified atom stereocenters. The van der Waals surface area contributed by atoms with E-state index in [0.29, 0.717) is 12.0 Å². The molecular weight excluding hydrogens is 455 g/mol. The summed E-state index contributed by atoms with van der Waals surface area (Å²) in [6.45, 7) is 2.36. The number of halogens is 1. The van der Waals surface area contributed by atoms with Gasteiger partial charge in [0.25, 0.3) is 0 Å². The van der Waals surface area contributed by atoms with E-state index in [9.17, 15) is 14.3 Å². The number of aliphatic carboxylic acids is 1. The number of benzene rings is 2. The van der Waals surface area contributed by atoms with Crippen LogP contribution in [0.4, 0.5) is 4.39 Å². The number of rotatable bonds is 12. The van der Waals surface area contributed by atoms with Gasteiger partial charge in [0.05, 0.1) is 19.0 Å². The Morgan fingerprint density at radius 2 is 1.89 bits per heavy atom. The van der Waals surface area contributed by atoms with Gasteiger partial charge in [0, 0.05) is 17.1 Å². The number of alkyl halides is 1. The van der Waals surface area contributed by atoms with Gasteiger partial charge in [-0.05, 0) is 99.3 Å². The zero-order valence-corrected chi connectivity index (χ0v) is 21.2. The molecular formula is C30H37FN2O3. The number of ether oxygens (including phenoxy) is 1. The van der Waals surface area contributed by atoms with Crippen molar-refractivity contribution >= 4 is 16.9 Å². The molecule has 1 aliphatic heterocycles. The molecule has 0 bridgehead atoms. The van der Waals surface area contributed by atoms with Crippen LogP contribution in [0.5, 0.6) is 5.75 Å². The zero-order chi connectivity index (χ0) is 25.4. The Morgan fingerprint density at radius 1 is 1.11 bits per heavy atom. The summed E-state index contributed by atoms with van der Waals surface area (Å²) in [5.41, 5.74) is 3.57. The standard InChI is InChI=1S/C30H37FN2O3/c1-36-25-11-12-28-27(19-25)26(24(21-31)22-32-28)10-5-13-30(20-29(34)35)14-17-33(18-15-30)16-6-9-23-7-3-2-4-8-23/h2-4,7-8,11-12,19,22H,5-6,9-10,13-18,20-21H2,1H3,(H,34,35). The molecule has 3 aromatic rings. The van der Waals surface area contributed by atoms with Crippen molar-refractivity contribution in [1.82, 2.24) is 9.88 Å². The minimum atomic E-state index is -0.726. The second kappa shape index (κ2) is 12.3. The van der Waals surface area contributed by atoms with E-state index in [1.807, 2.05) is 24.3 Å². The fourth-order valence-corrected chi connectivity index (χ4v) is 5.68. The number of methoxy groups -OCH3 is 1. The third kappa shape index (κ3) is 6.61. The fraction of sp³-hybridized carbons (Fsp3) is 0.467. The van der Waals surface area contributed by atoms with E-state index in [1.54, 1.807) is 13.3 Å². The van der Waals surface area contributed by atoms with E-state index in [-0.39, 0.29) is 11.8 Å². The number of hydrogen-bond acceptors (Lipinski definition) is 4. The summed E-state index contributed by atoms with van der Waals surface area (Å²) in [5.74, 6) is -0.000357. The van der Waals surface area contributed by atoms with Gasteiger partial charge in [-0.15, -0.1) is 0 Å². The molecule has 192 valence electrons. The van der Waals surface area contributed by atoms with E-state index in [1.165, 1.54) is 5.56 Å². The largest absolute Gasteiger partial charge is 0.497 e. The number of carboxylic acids is 1. The molecule has 1 aliphatic rings. The number of carbonyl (C=O) groups is 1. The van der Waals surface area contributed by atoms with Crippen LogP contribution in [-0.2, 0) is 24.3 Å². The van der Waals surface area contributed by atoms with Crippen LogP contribution >= 0.6 is 0 Å². The van der Waals surface area contributed by atoms with Crippen LogP contribution in [0.3, 0.4) is 0 Å². The van der Waals surface area contributed by atoms with Crippen molar-refractivity contribution < 1.29 is 19.0 Å². The molecule has 4 rings (SSSR count). The van der Waals surface area contributed by atoms with Gasteiger partial charge in [0.15, 0.2) is 0 Å². The van der Waals surface area contributed by atoms with Crippen molar-refractivity contribution in [2.24, 2.45) is 5.41 Å². The molecule has 1 fully saturated rings. The molecule has 5 nitrogen and oxygen atoms in total. The summed E-state index contributed by atoms with van der Waals surface area (Å²) < 4.78 is 19.2. The predicted octanol–water partition coefficient (Wildman–Crippen LogP) is 6.23. The van der Waals surface area contributed by atoms with Gasteiger partial charge in [0.1, 0.15) is 12.4 Å². The molecule has 1 N–H and O–H groups in total. The maximum atomic E-state index is 13.8. The van der Waals surface area contributed by atoms with Crippen molar-refractivity contribution in [2.45, 2.75) is 58.0 Å². The van der Waals surface area contributed by atoms with Crippen LogP contribution in [0, 0.1) is 5.41 Å². The lowest BCUT2D eigenvalue weighted by Crippen LogP contribution is -2.41. The smallest absolute Gasteiger partial charge is 0.303 e. The minimum absolute atomic E-state index is 0.196. The number of likely N-dealkylation sites (tertiary alicyclic amines) is 1. The molecule has 0 amide bonds. The number of carboxylic acid groups (broad SMARTS) is 1. The molecule has 1 saturated heterocycles. The Hall–Kier alpha value is -2.99. The third-order valence-corrected chi connectivity index (χ3v) is 7.78. The topological polar surface area (TPSA) is 62.7 Å².